The fraction of sp³-hybridized carbons (Fsp3) is 0.278. The highest BCUT2D eigenvalue weighted by Gasteiger charge is 2.21. The van der Waals surface area contributed by atoms with Crippen LogP contribution in [0.4, 0.5) is 10.1 Å². The lowest BCUT2D eigenvalue weighted by molar-refractivity contribution is -0.119. The van der Waals surface area contributed by atoms with Crippen LogP contribution < -0.4 is 19.1 Å². The van der Waals surface area contributed by atoms with E-state index in [-0.39, 0.29) is 25.5 Å². The summed E-state index contributed by atoms with van der Waals surface area (Å²) in [5.41, 5.74) is 0.328. The molecule has 1 N–H and O–H groups in total. The van der Waals surface area contributed by atoms with E-state index in [1.807, 2.05) is 0 Å². The van der Waals surface area contributed by atoms with E-state index >= 15 is 0 Å². The molecule has 0 bridgehead atoms. The van der Waals surface area contributed by atoms with Gasteiger partial charge in [-0.2, -0.15) is 0 Å². The van der Waals surface area contributed by atoms with Crippen LogP contribution in [0.2, 0.25) is 0 Å². The quantitative estimate of drug-likeness (QED) is 0.654. The maximum atomic E-state index is 12.8. The topological polar surface area (TPSA) is 84.9 Å². The van der Waals surface area contributed by atoms with Crippen molar-refractivity contribution >= 4 is 21.6 Å². The third-order valence-electron chi connectivity index (χ3n) is 3.54. The fourth-order valence-electron chi connectivity index (χ4n) is 2.24. The molecular formula is C18H21FN2O5S. The number of nitrogens with zero attached hydrogens (tertiary/aromatic N) is 1. The molecule has 0 aliphatic heterocycles. The number of rotatable bonds is 9. The zero-order valence-corrected chi connectivity index (χ0v) is 15.8. The van der Waals surface area contributed by atoms with Gasteiger partial charge in [0.1, 0.15) is 30.5 Å². The average Bonchev–Trinajstić information content (AvgIpc) is 2.64. The number of nitrogens with one attached hydrogen (secondary N) is 1. The van der Waals surface area contributed by atoms with Crippen molar-refractivity contribution in [2.75, 3.05) is 37.4 Å². The summed E-state index contributed by atoms with van der Waals surface area (Å²) in [7, 11) is -2.20. The molecule has 27 heavy (non-hydrogen) atoms. The Morgan fingerprint density at radius 1 is 1.15 bits per heavy atom. The van der Waals surface area contributed by atoms with Crippen molar-refractivity contribution in [1.29, 1.82) is 0 Å². The van der Waals surface area contributed by atoms with E-state index in [0.717, 1.165) is 10.6 Å². The van der Waals surface area contributed by atoms with Crippen LogP contribution >= 0.6 is 0 Å². The molecule has 7 nitrogen and oxygen atoms in total. The Morgan fingerprint density at radius 2 is 1.85 bits per heavy atom. The maximum Gasteiger partial charge on any atom is 0.240 e. The summed E-state index contributed by atoms with van der Waals surface area (Å²) < 4.78 is 48.4. The molecule has 0 radical (unpaired) electrons. The molecule has 0 saturated carbocycles. The summed E-state index contributed by atoms with van der Waals surface area (Å²) in [6.45, 7) is -0.0378. The molecule has 146 valence electrons. The third-order valence-corrected chi connectivity index (χ3v) is 4.68. The minimum Gasteiger partial charge on any atom is -0.497 e. The van der Waals surface area contributed by atoms with E-state index in [9.17, 15) is 17.6 Å². The van der Waals surface area contributed by atoms with E-state index in [1.165, 1.54) is 37.4 Å². The molecule has 0 heterocycles. The van der Waals surface area contributed by atoms with Crippen molar-refractivity contribution in [3.8, 4) is 11.5 Å². The molecule has 2 rings (SSSR count). The highest BCUT2D eigenvalue weighted by Crippen LogP contribution is 2.22. The first-order chi connectivity index (χ1) is 12.8. The second-order valence-corrected chi connectivity index (χ2v) is 7.53. The Hall–Kier alpha value is -2.81. The number of anilines is 1. The molecule has 0 aliphatic carbocycles. The summed E-state index contributed by atoms with van der Waals surface area (Å²) in [4.78, 5) is 12.1. The van der Waals surface area contributed by atoms with E-state index in [0.29, 0.717) is 17.2 Å². The largest absolute Gasteiger partial charge is 0.497 e. The van der Waals surface area contributed by atoms with E-state index in [1.54, 1.807) is 18.2 Å². The zero-order chi connectivity index (χ0) is 19.9. The maximum absolute atomic E-state index is 12.8. The Balaban J connectivity index is 1.91. The smallest absolute Gasteiger partial charge is 0.240 e. The standard InChI is InChI=1S/C18H21FN2O5S/c1-25-17-5-3-4-15(12-17)21(27(2,23)24)13-18(22)20-10-11-26-16-8-6-14(19)7-9-16/h3-9,12H,10-11,13H2,1-2H3,(H,20,22). The fourth-order valence-corrected chi connectivity index (χ4v) is 3.09. The third kappa shape index (κ3) is 6.45. The number of ether oxygens (including phenoxy) is 2. The molecule has 0 unspecified atom stereocenters. The predicted octanol–water partition coefficient (Wildman–Crippen LogP) is 1.80. The van der Waals surface area contributed by atoms with Gasteiger partial charge < -0.3 is 14.8 Å². The average molecular weight is 396 g/mol. The number of halogens is 1. The number of hydrogen-bond donors (Lipinski definition) is 1. The molecular weight excluding hydrogens is 375 g/mol. The van der Waals surface area contributed by atoms with E-state index < -0.39 is 15.9 Å². The van der Waals surface area contributed by atoms with Gasteiger partial charge in [-0.25, -0.2) is 12.8 Å². The molecule has 0 fully saturated rings. The van der Waals surface area contributed by atoms with Crippen LogP contribution in [-0.4, -0.2) is 47.4 Å². The number of amides is 1. The van der Waals surface area contributed by atoms with Gasteiger partial charge in [-0.15, -0.1) is 0 Å². The lowest BCUT2D eigenvalue weighted by Crippen LogP contribution is -2.41. The molecule has 0 atom stereocenters. The number of carbonyl (C=O) groups excluding carboxylic acids is 1. The van der Waals surface area contributed by atoms with Gasteiger partial charge in [0.2, 0.25) is 15.9 Å². The van der Waals surface area contributed by atoms with Crippen molar-refractivity contribution in [3.05, 3.63) is 54.3 Å². The van der Waals surface area contributed by atoms with Crippen molar-refractivity contribution in [1.82, 2.24) is 5.32 Å². The van der Waals surface area contributed by atoms with Crippen LogP contribution in [0.3, 0.4) is 0 Å². The monoisotopic (exact) mass is 396 g/mol. The first kappa shape index (κ1) is 20.5. The molecule has 9 heteroatoms. The van der Waals surface area contributed by atoms with Crippen LogP contribution in [0.25, 0.3) is 0 Å². The van der Waals surface area contributed by atoms with Crippen molar-refractivity contribution in [3.63, 3.8) is 0 Å². The summed E-state index contributed by atoms with van der Waals surface area (Å²) >= 11 is 0. The molecule has 2 aromatic rings. The highest BCUT2D eigenvalue weighted by atomic mass is 32.2. The van der Waals surface area contributed by atoms with Gasteiger partial charge >= 0.3 is 0 Å². The number of methoxy groups -OCH3 is 1. The van der Waals surface area contributed by atoms with Gasteiger partial charge in [-0.3, -0.25) is 9.10 Å². The summed E-state index contributed by atoms with van der Waals surface area (Å²) in [6.07, 6.45) is 1.03. The normalized spacial score (nSPS) is 10.9. The number of benzene rings is 2. The van der Waals surface area contributed by atoms with Crippen LogP contribution in [0.15, 0.2) is 48.5 Å². The lowest BCUT2D eigenvalue weighted by Gasteiger charge is -2.22. The van der Waals surface area contributed by atoms with Gasteiger partial charge in [0.25, 0.3) is 0 Å². The van der Waals surface area contributed by atoms with Crippen LogP contribution in [-0.2, 0) is 14.8 Å². The highest BCUT2D eigenvalue weighted by molar-refractivity contribution is 7.92. The summed E-state index contributed by atoms with van der Waals surface area (Å²) in [6, 6.07) is 11.9. The van der Waals surface area contributed by atoms with Crippen LogP contribution in [0.5, 0.6) is 11.5 Å². The van der Waals surface area contributed by atoms with Crippen LogP contribution in [0, 0.1) is 5.82 Å². The Kier molecular flexibility index (Phi) is 7.00. The first-order valence-electron chi connectivity index (χ1n) is 8.06. The van der Waals surface area contributed by atoms with Gasteiger partial charge in [0, 0.05) is 6.07 Å². The lowest BCUT2D eigenvalue weighted by atomic mass is 10.3. The molecule has 0 spiro atoms. The minimum absolute atomic E-state index is 0.162. The van der Waals surface area contributed by atoms with Gasteiger partial charge in [-0.1, -0.05) is 6.07 Å². The number of carbonyl (C=O) groups is 1. The van der Waals surface area contributed by atoms with Gasteiger partial charge in [0.05, 0.1) is 25.6 Å². The Labute approximate surface area is 157 Å². The molecule has 1 amide bonds. The SMILES string of the molecule is COc1cccc(N(CC(=O)NCCOc2ccc(F)cc2)S(C)(=O)=O)c1. The molecule has 2 aromatic carbocycles. The molecule has 0 saturated heterocycles. The first-order valence-corrected chi connectivity index (χ1v) is 9.91. The predicted molar refractivity (Wildman–Crippen MR) is 100 cm³/mol. The summed E-state index contributed by atoms with van der Waals surface area (Å²) in [5.74, 6) is 0.106. The van der Waals surface area contributed by atoms with Crippen molar-refractivity contribution in [2.24, 2.45) is 0 Å². The summed E-state index contributed by atoms with van der Waals surface area (Å²) in [5, 5.41) is 2.59. The van der Waals surface area contributed by atoms with E-state index in [2.05, 4.69) is 5.32 Å². The van der Waals surface area contributed by atoms with Crippen LogP contribution in [0.1, 0.15) is 0 Å². The number of hydrogen-bond acceptors (Lipinski definition) is 5. The minimum atomic E-state index is -3.67. The van der Waals surface area contributed by atoms with Gasteiger partial charge in [0.15, 0.2) is 0 Å². The Morgan fingerprint density at radius 3 is 2.48 bits per heavy atom. The Bertz CT molecular complexity index is 872. The van der Waals surface area contributed by atoms with Crippen molar-refractivity contribution < 1.29 is 27.1 Å². The van der Waals surface area contributed by atoms with Gasteiger partial charge in [-0.05, 0) is 36.4 Å². The second kappa shape index (κ2) is 9.22. The van der Waals surface area contributed by atoms with E-state index in [4.69, 9.17) is 9.47 Å². The van der Waals surface area contributed by atoms with Crippen molar-refractivity contribution in [2.45, 2.75) is 0 Å². The molecule has 0 aromatic heterocycles. The number of sulfonamides is 1. The zero-order valence-electron chi connectivity index (χ0n) is 15.0. The molecule has 0 aliphatic rings. The second-order valence-electron chi connectivity index (χ2n) is 5.62.